The standard InChI is InChI=1S/C18H14ClNO4/c1-23-16-8-13(15(19)9-17(16)24-2)7-14(10-20)11-3-5-12(6-4-11)18(21)22/h3-9H,1-2H3,(H,21,22). The van der Waals surface area contributed by atoms with E-state index >= 15 is 0 Å². The van der Waals surface area contributed by atoms with Crippen LogP contribution in [0.4, 0.5) is 0 Å². The normalized spacial score (nSPS) is 10.8. The molecule has 0 aromatic heterocycles. The fourth-order valence-corrected chi connectivity index (χ4v) is 2.32. The lowest BCUT2D eigenvalue weighted by Crippen LogP contribution is -1.95. The number of hydrogen-bond donors (Lipinski definition) is 1. The lowest BCUT2D eigenvalue weighted by Gasteiger charge is -2.10. The van der Waals surface area contributed by atoms with Crippen molar-refractivity contribution in [3.8, 4) is 17.6 Å². The van der Waals surface area contributed by atoms with Crippen LogP contribution in [0.15, 0.2) is 36.4 Å². The van der Waals surface area contributed by atoms with Crippen LogP contribution in [0, 0.1) is 11.3 Å². The average Bonchev–Trinajstić information content (AvgIpc) is 2.60. The van der Waals surface area contributed by atoms with Crippen molar-refractivity contribution in [2.24, 2.45) is 0 Å². The van der Waals surface area contributed by atoms with Gasteiger partial charge in [0.2, 0.25) is 0 Å². The van der Waals surface area contributed by atoms with Gasteiger partial charge in [0.1, 0.15) is 0 Å². The highest BCUT2D eigenvalue weighted by atomic mass is 35.5. The first-order valence-corrected chi connectivity index (χ1v) is 7.25. The van der Waals surface area contributed by atoms with E-state index < -0.39 is 5.97 Å². The lowest BCUT2D eigenvalue weighted by atomic mass is 10.0. The second kappa shape index (κ2) is 7.53. The molecule has 0 unspecified atom stereocenters. The van der Waals surface area contributed by atoms with Gasteiger partial charge in [-0.05, 0) is 35.4 Å². The number of aromatic carboxylic acids is 1. The van der Waals surface area contributed by atoms with Crippen LogP contribution in [-0.2, 0) is 0 Å². The van der Waals surface area contributed by atoms with Crippen molar-refractivity contribution in [3.63, 3.8) is 0 Å². The van der Waals surface area contributed by atoms with Crippen molar-refractivity contribution in [1.82, 2.24) is 0 Å². The fourth-order valence-electron chi connectivity index (χ4n) is 2.11. The van der Waals surface area contributed by atoms with Crippen LogP contribution >= 0.6 is 11.6 Å². The van der Waals surface area contributed by atoms with E-state index in [-0.39, 0.29) is 5.56 Å². The summed E-state index contributed by atoms with van der Waals surface area (Å²) in [5.74, 6) is -0.0393. The number of carboxylic acid groups (broad SMARTS) is 1. The van der Waals surface area contributed by atoms with Crippen molar-refractivity contribution in [2.45, 2.75) is 0 Å². The number of nitriles is 1. The Balaban J connectivity index is 2.47. The maximum Gasteiger partial charge on any atom is 0.335 e. The summed E-state index contributed by atoms with van der Waals surface area (Å²) in [6.07, 6.45) is 1.61. The van der Waals surface area contributed by atoms with Gasteiger partial charge >= 0.3 is 5.97 Å². The third-order valence-electron chi connectivity index (χ3n) is 3.37. The predicted molar refractivity (Wildman–Crippen MR) is 91.4 cm³/mol. The zero-order valence-corrected chi connectivity index (χ0v) is 13.8. The summed E-state index contributed by atoms with van der Waals surface area (Å²) in [5.41, 5.74) is 1.68. The summed E-state index contributed by atoms with van der Waals surface area (Å²) in [5, 5.41) is 18.7. The van der Waals surface area contributed by atoms with Gasteiger partial charge in [0.05, 0.1) is 36.4 Å². The Morgan fingerprint density at radius 2 is 1.67 bits per heavy atom. The van der Waals surface area contributed by atoms with E-state index in [4.69, 9.17) is 26.2 Å². The van der Waals surface area contributed by atoms with E-state index in [1.165, 1.54) is 26.4 Å². The molecule has 0 aliphatic carbocycles. The van der Waals surface area contributed by atoms with E-state index in [1.807, 2.05) is 0 Å². The van der Waals surface area contributed by atoms with Gasteiger partial charge < -0.3 is 14.6 Å². The molecule has 0 spiro atoms. The molecule has 6 heteroatoms. The van der Waals surface area contributed by atoms with Gasteiger partial charge in [0, 0.05) is 6.07 Å². The molecule has 122 valence electrons. The molecule has 0 radical (unpaired) electrons. The van der Waals surface area contributed by atoms with Gasteiger partial charge in [-0.1, -0.05) is 23.7 Å². The van der Waals surface area contributed by atoms with Gasteiger partial charge in [-0.25, -0.2) is 4.79 Å². The van der Waals surface area contributed by atoms with Crippen molar-refractivity contribution in [2.75, 3.05) is 14.2 Å². The molecular weight excluding hydrogens is 330 g/mol. The monoisotopic (exact) mass is 343 g/mol. The van der Waals surface area contributed by atoms with Gasteiger partial charge in [-0.15, -0.1) is 0 Å². The smallest absolute Gasteiger partial charge is 0.335 e. The van der Waals surface area contributed by atoms with Crippen LogP contribution in [0.3, 0.4) is 0 Å². The quantitative estimate of drug-likeness (QED) is 0.652. The molecule has 0 bridgehead atoms. The number of hydrogen-bond acceptors (Lipinski definition) is 4. The Morgan fingerprint density at radius 1 is 1.12 bits per heavy atom. The second-order valence-electron chi connectivity index (χ2n) is 4.78. The average molecular weight is 344 g/mol. The first-order chi connectivity index (χ1) is 11.5. The second-order valence-corrected chi connectivity index (χ2v) is 5.19. The minimum absolute atomic E-state index is 0.153. The zero-order chi connectivity index (χ0) is 17.7. The first kappa shape index (κ1) is 17.4. The summed E-state index contributed by atoms with van der Waals surface area (Å²) in [7, 11) is 3.02. The number of ether oxygens (including phenoxy) is 2. The fraction of sp³-hybridized carbons (Fsp3) is 0.111. The van der Waals surface area contributed by atoms with Gasteiger partial charge in [0.15, 0.2) is 11.5 Å². The van der Waals surface area contributed by atoms with E-state index in [2.05, 4.69) is 6.07 Å². The Hall–Kier alpha value is -2.97. The molecule has 5 nitrogen and oxygen atoms in total. The molecule has 24 heavy (non-hydrogen) atoms. The molecule has 0 aliphatic heterocycles. The van der Waals surface area contributed by atoms with E-state index in [9.17, 15) is 10.1 Å². The van der Waals surface area contributed by atoms with Crippen molar-refractivity contribution in [1.29, 1.82) is 5.26 Å². The predicted octanol–water partition coefficient (Wildman–Crippen LogP) is 4.12. The van der Waals surface area contributed by atoms with E-state index in [0.717, 1.165) is 0 Å². The molecule has 1 N–H and O–H groups in total. The largest absolute Gasteiger partial charge is 0.493 e. The minimum Gasteiger partial charge on any atom is -0.493 e. The number of methoxy groups -OCH3 is 2. The van der Waals surface area contributed by atoms with Crippen molar-refractivity contribution >= 4 is 29.2 Å². The zero-order valence-electron chi connectivity index (χ0n) is 13.0. The summed E-state index contributed by atoms with van der Waals surface area (Å²) in [6.45, 7) is 0. The van der Waals surface area contributed by atoms with Crippen LogP contribution in [0.2, 0.25) is 5.02 Å². The van der Waals surface area contributed by atoms with Crippen LogP contribution in [0.25, 0.3) is 11.6 Å². The van der Waals surface area contributed by atoms with Gasteiger partial charge in [-0.2, -0.15) is 5.26 Å². The third kappa shape index (κ3) is 3.67. The molecule has 0 amide bonds. The van der Waals surface area contributed by atoms with Crippen LogP contribution in [0.5, 0.6) is 11.5 Å². The maximum atomic E-state index is 10.9. The summed E-state index contributed by atoms with van der Waals surface area (Å²) in [4.78, 5) is 10.9. The summed E-state index contributed by atoms with van der Waals surface area (Å²) in [6, 6.07) is 11.4. The number of halogens is 1. The molecule has 0 heterocycles. The highest BCUT2D eigenvalue weighted by Crippen LogP contribution is 2.34. The molecular formula is C18H14ClNO4. The number of nitrogens with zero attached hydrogens (tertiary/aromatic N) is 1. The molecule has 2 aromatic rings. The van der Waals surface area contributed by atoms with E-state index in [0.29, 0.717) is 33.2 Å². The van der Waals surface area contributed by atoms with Crippen molar-refractivity contribution < 1.29 is 19.4 Å². The molecule has 0 saturated heterocycles. The Morgan fingerprint density at radius 3 is 2.17 bits per heavy atom. The number of carboxylic acids is 1. The molecule has 0 atom stereocenters. The number of allylic oxidation sites excluding steroid dienone is 1. The molecule has 0 aliphatic rings. The SMILES string of the molecule is COc1cc(Cl)c(C=C(C#N)c2ccc(C(=O)O)cc2)cc1OC. The third-order valence-corrected chi connectivity index (χ3v) is 3.69. The maximum absolute atomic E-state index is 10.9. The molecule has 2 aromatic carbocycles. The van der Waals surface area contributed by atoms with E-state index in [1.54, 1.807) is 30.3 Å². The molecule has 0 saturated carbocycles. The van der Waals surface area contributed by atoms with Crippen LogP contribution < -0.4 is 9.47 Å². The van der Waals surface area contributed by atoms with Gasteiger partial charge in [-0.3, -0.25) is 0 Å². The molecule has 0 fully saturated rings. The number of rotatable bonds is 5. The van der Waals surface area contributed by atoms with Gasteiger partial charge in [0.25, 0.3) is 0 Å². The Bertz CT molecular complexity index is 835. The van der Waals surface area contributed by atoms with Crippen LogP contribution in [0.1, 0.15) is 21.5 Å². The summed E-state index contributed by atoms with van der Waals surface area (Å²) >= 11 is 6.23. The highest BCUT2D eigenvalue weighted by Gasteiger charge is 2.11. The topological polar surface area (TPSA) is 79.5 Å². The lowest BCUT2D eigenvalue weighted by molar-refractivity contribution is 0.0697. The summed E-state index contributed by atoms with van der Waals surface area (Å²) < 4.78 is 10.4. The highest BCUT2D eigenvalue weighted by molar-refractivity contribution is 6.32. The van der Waals surface area contributed by atoms with Crippen molar-refractivity contribution in [3.05, 3.63) is 58.1 Å². The Labute approximate surface area is 144 Å². The Kier molecular flexibility index (Phi) is 5.46. The van der Waals surface area contributed by atoms with Crippen LogP contribution in [-0.4, -0.2) is 25.3 Å². The minimum atomic E-state index is -1.02. The number of benzene rings is 2. The number of carbonyl (C=O) groups is 1. The first-order valence-electron chi connectivity index (χ1n) is 6.87. The molecule has 2 rings (SSSR count).